The van der Waals surface area contributed by atoms with Gasteiger partial charge in [0, 0.05) is 0 Å². The standard InChI is InChI=1S/C15H22N6O4/c16-9-1-11(18)13(20-3-9)24-7-15(5-22,6-23)8-25-14-12(19)2-10(17)4-21-14/h1-4,22-23H,5-8,16-19H2. The van der Waals surface area contributed by atoms with Gasteiger partial charge in [0.2, 0.25) is 11.8 Å². The number of ether oxygens (including phenoxy) is 2. The van der Waals surface area contributed by atoms with Crippen molar-refractivity contribution in [3.63, 3.8) is 0 Å². The summed E-state index contributed by atoms with van der Waals surface area (Å²) in [6.45, 7) is -1.02. The van der Waals surface area contributed by atoms with Crippen molar-refractivity contribution in [2.24, 2.45) is 5.41 Å². The van der Waals surface area contributed by atoms with Gasteiger partial charge < -0.3 is 42.6 Å². The minimum Gasteiger partial charge on any atom is -0.475 e. The van der Waals surface area contributed by atoms with Gasteiger partial charge in [-0.05, 0) is 12.1 Å². The topological polar surface area (TPSA) is 189 Å². The lowest BCUT2D eigenvalue weighted by Gasteiger charge is -2.29. The van der Waals surface area contributed by atoms with Crippen LogP contribution in [0.5, 0.6) is 11.8 Å². The monoisotopic (exact) mass is 350 g/mol. The van der Waals surface area contributed by atoms with Crippen molar-refractivity contribution in [1.29, 1.82) is 0 Å². The molecule has 0 fully saturated rings. The van der Waals surface area contributed by atoms with Crippen LogP contribution < -0.4 is 32.4 Å². The molecule has 0 unspecified atom stereocenters. The van der Waals surface area contributed by atoms with Crippen LogP contribution >= 0.6 is 0 Å². The Morgan fingerprint density at radius 3 is 1.52 bits per heavy atom. The number of aliphatic hydroxyl groups is 2. The van der Waals surface area contributed by atoms with Crippen molar-refractivity contribution in [3.8, 4) is 11.8 Å². The summed E-state index contributed by atoms with van der Waals surface area (Å²) in [5.41, 5.74) is 22.9. The van der Waals surface area contributed by atoms with Crippen LogP contribution in [0.25, 0.3) is 0 Å². The number of rotatable bonds is 8. The molecule has 0 atom stereocenters. The first kappa shape index (κ1) is 18.4. The number of nitrogens with zero attached hydrogens (tertiary/aromatic N) is 2. The molecule has 10 heteroatoms. The molecule has 2 aromatic heterocycles. The Bertz CT molecular complexity index is 666. The molecular formula is C15H22N6O4. The van der Waals surface area contributed by atoms with Crippen LogP contribution in [0.1, 0.15) is 0 Å². The third kappa shape index (κ3) is 4.52. The molecule has 2 aromatic rings. The lowest BCUT2D eigenvalue weighted by Crippen LogP contribution is -2.42. The number of nitrogens with two attached hydrogens (primary N) is 4. The number of hydrogen-bond donors (Lipinski definition) is 6. The molecule has 0 amide bonds. The summed E-state index contributed by atoms with van der Waals surface area (Å²) in [6.07, 6.45) is 2.78. The summed E-state index contributed by atoms with van der Waals surface area (Å²) in [5.74, 6) is 0.288. The van der Waals surface area contributed by atoms with Crippen LogP contribution in [-0.2, 0) is 0 Å². The Kier molecular flexibility index (Phi) is 5.67. The van der Waals surface area contributed by atoms with E-state index in [1.165, 1.54) is 24.5 Å². The van der Waals surface area contributed by atoms with Gasteiger partial charge >= 0.3 is 0 Å². The molecule has 0 radical (unpaired) electrons. The Morgan fingerprint density at radius 2 is 1.20 bits per heavy atom. The SMILES string of the molecule is Nc1cnc(OCC(CO)(CO)COc2ncc(N)cc2N)c(N)c1. The largest absolute Gasteiger partial charge is 0.475 e. The fraction of sp³-hybridized carbons (Fsp3) is 0.333. The Balaban J connectivity index is 2.06. The minimum atomic E-state index is -1.12. The van der Waals surface area contributed by atoms with E-state index in [-0.39, 0.29) is 36.3 Å². The summed E-state index contributed by atoms with van der Waals surface area (Å²) in [7, 11) is 0. The fourth-order valence-corrected chi connectivity index (χ4v) is 1.93. The normalized spacial score (nSPS) is 11.3. The maximum atomic E-state index is 9.70. The van der Waals surface area contributed by atoms with Gasteiger partial charge in [-0.1, -0.05) is 0 Å². The fourth-order valence-electron chi connectivity index (χ4n) is 1.93. The molecule has 2 heterocycles. The highest BCUT2D eigenvalue weighted by molar-refractivity contribution is 5.56. The second-order valence-electron chi connectivity index (χ2n) is 5.72. The molecule has 0 saturated heterocycles. The van der Waals surface area contributed by atoms with Crippen LogP contribution in [0.4, 0.5) is 22.7 Å². The van der Waals surface area contributed by atoms with Crippen molar-refractivity contribution >= 4 is 22.7 Å². The van der Waals surface area contributed by atoms with Crippen molar-refractivity contribution in [3.05, 3.63) is 24.5 Å². The van der Waals surface area contributed by atoms with Crippen LogP contribution in [0, 0.1) is 5.41 Å². The maximum Gasteiger partial charge on any atom is 0.237 e. The number of pyridine rings is 2. The van der Waals surface area contributed by atoms with E-state index < -0.39 is 18.6 Å². The van der Waals surface area contributed by atoms with Crippen molar-refractivity contribution in [2.75, 3.05) is 49.4 Å². The zero-order valence-electron chi connectivity index (χ0n) is 13.6. The molecule has 0 aliphatic heterocycles. The van der Waals surface area contributed by atoms with Crippen LogP contribution in [0.15, 0.2) is 24.5 Å². The van der Waals surface area contributed by atoms with E-state index in [0.717, 1.165) is 0 Å². The van der Waals surface area contributed by atoms with Crippen LogP contribution in [0.3, 0.4) is 0 Å². The van der Waals surface area contributed by atoms with E-state index >= 15 is 0 Å². The lowest BCUT2D eigenvalue weighted by atomic mass is 9.92. The van der Waals surface area contributed by atoms with E-state index in [4.69, 9.17) is 32.4 Å². The van der Waals surface area contributed by atoms with Gasteiger partial charge in [-0.25, -0.2) is 9.97 Å². The Hall–Kier alpha value is -2.98. The second kappa shape index (κ2) is 7.73. The third-order valence-electron chi connectivity index (χ3n) is 3.50. The predicted octanol–water partition coefficient (Wildman–Crippen LogP) is -0.766. The minimum absolute atomic E-state index is 0.101. The highest BCUT2D eigenvalue weighted by Crippen LogP contribution is 2.26. The zero-order valence-corrected chi connectivity index (χ0v) is 13.6. The maximum absolute atomic E-state index is 9.70. The smallest absolute Gasteiger partial charge is 0.237 e. The Morgan fingerprint density at radius 1 is 0.800 bits per heavy atom. The highest BCUT2D eigenvalue weighted by atomic mass is 16.5. The summed E-state index contributed by atoms with van der Waals surface area (Å²) in [5, 5.41) is 19.4. The Labute approximate surface area is 144 Å². The molecule has 0 spiro atoms. The number of anilines is 4. The van der Waals surface area contributed by atoms with Gasteiger partial charge in [0.1, 0.15) is 13.2 Å². The average molecular weight is 350 g/mol. The summed E-state index contributed by atoms with van der Waals surface area (Å²) < 4.78 is 11.0. The number of aromatic nitrogens is 2. The van der Waals surface area contributed by atoms with E-state index in [9.17, 15) is 10.2 Å². The molecule has 0 bridgehead atoms. The van der Waals surface area contributed by atoms with E-state index in [1.807, 2.05) is 0 Å². The highest BCUT2D eigenvalue weighted by Gasteiger charge is 2.32. The van der Waals surface area contributed by atoms with E-state index in [1.54, 1.807) is 0 Å². The molecule has 136 valence electrons. The summed E-state index contributed by atoms with van der Waals surface area (Å²) >= 11 is 0. The number of nitrogen functional groups attached to an aromatic ring is 4. The van der Waals surface area contributed by atoms with Crippen molar-refractivity contribution < 1.29 is 19.7 Å². The quantitative estimate of drug-likeness (QED) is 0.352. The van der Waals surface area contributed by atoms with Gasteiger partial charge in [0.25, 0.3) is 0 Å². The second-order valence-corrected chi connectivity index (χ2v) is 5.72. The summed E-state index contributed by atoms with van der Waals surface area (Å²) in [4.78, 5) is 7.94. The third-order valence-corrected chi connectivity index (χ3v) is 3.50. The molecule has 25 heavy (non-hydrogen) atoms. The van der Waals surface area contributed by atoms with Gasteiger partial charge in [0.05, 0.1) is 53.8 Å². The number of hydrogen-bond acceptors (Lipinski definition) is 10. The van der Waals surface area contributed by atoms with Crippen LogP contribution in [0.2, 0.25) is 0 Å². The molecule has 10 nitrogen and oxygen atoms in total. The first-order valence-corrected chi connectivity index (χ1v) is 7.38. The van der Waals surface area contributed by atoms with E-state index in [0.29, 0.717) is 11.4 Å². The first-order chi connectivity index (χ1) is 11.9. The van der Waals surface area contributed by atoms with Gasteiger partial charge in [-0.15, -0.1) is 0 Å². The molecule has 0 aromatic carbocycles. The number of aliphatic hydroxyl groups excluding tert-OH is 2. The summed E-state index contributed by atoms with van der Waals surface area (Å²) in [6, 6.07) is 2.99. The zero-order chi connectivity index (χ0) is 18.4. The van der Waals surface area contributed by atoms with Crippen molar-refractivity contribution in [2.45, 2.75) is 0 Å². The lowest BCUT2D eigenvalue weighted by molar-refractivity contribution is -0.0203. The molecule has 0 aliphatic rings. The average Bonchev–Trinajstić information content (AvgIpc) is 2.58. The predicted molar refractivity (Wildman–Crippen MR) is 93.7 cm³/mol. The molecule has 0 saturated carbocycles. The molecule has 0 aliphatic carbocycles. The van der Waals surface area contributed by atoms with E-state index in [2.05, 4.69) is 9.97 Å². The van der Waals surface area contributed by atoms with Gasteiger partial charge in [-0.3, -0.25) is 0 Å². The van der Waals surface area contributed by atoms with Gasteiger partial charge in [0.15, 0.2) is 0 Å². The molecular weight excluding hydrogens is 328 g/mol. The van der Waals surface area contributed by atoms with Crippen molar-refractivity contribution in [1.82, 2.24) is 9.97 Å². The first-order valence-electron chi connectivity index (χ1n) is 7.38. The molecule has 10 N–H and O–H groups in total. The molecule has 2 rings (SSSR count). The van der Waals surface area contributed by atoms with Gasteiger partial charge in [-0.2, -0.15) is 0 Å². The van der Waals surface area contributed by atoms with Crippen LogP contribution in [-0.4, -0.2) is 46.6 Å².